The van der Waals surface area contributed by atoms with Crippen LogP contribution in [-0.4, -0.2) is 4.70 Å². The van der Waals surface area contributed by atoms with Crippen LogP contribution in [-0.2, 0) is 25.7 Å². The van der Waals surface area contributed by atoms with Crippen LogP contribution in [0.2, 0.25) is 0 Å². The molecule has 2 aromatic carbocycles. The third-order valence-corrected chi connectivity index (χ3v) is 8.56. The van der Waals surface area contributed by atoms with E-state index in [0.29, 0.717) is 0 Å². The first-order valence-corrected chi connectivity index (χ1v) is 17.2. The summed E-state index contributed by atoms with van der Waals surface area (Å²) in [6.07, 6.45) is 23.6. The lowest BCUT2D eigenvalue weighted by atomic mass is 9.95. The predicted octanol–water partition coefficient (Wildman–Crippen LogP) is 12.2. The van der Waals surface area contributed by atoms with Crippen molar-refractivity contribution in [2.24, 2.45) is 0 Å². The minimum absolute atomic E-state index is 0.953. The Morgan fingerprint density at radius 2 is 0.854 bits per heavy atom. The molecule has 0 unspecified atom stereocenters. The zero-order valence-electron chi connectivity index (χ0n) is 27.2. The van der Waals surface area contributed by atoms with E-state index in [-0.39, 0.29) is 0 Å². The van der Waals surface area contributed by atoms with Crippen molar-refractivity contribution in [3.8, 4) is 0 Å². The first-order valence-electron chi connectivity index (χ1n) is 17.2. The normalized spacial score (nSPS) is 13.4. The van der Waals surface area contributed by atoms with E-state index in [1.54, 1.807) is 4.70 Å². The average Bonchev–Trinajstić information content (AvgIpc) is 3.31. The summed E-state index contributed by atoms with van der Waals surface area (Å²) < 4.78 is 1.55. The average molecular weight is 555 g/mol. The number of rotatable bonds is 20. The van der Waals surface area contributed by atoms with Gasteiger partial charge in [0, 0.05) is 22.8 Å². The van der Waals surface area contributed by atoms with Crippen LogP contribution in [0.4, 0.5) is 0 Å². The molecule has 0 saturated heterocycles. The van der Waals surface area contributed by atoms with Crippen molar-refractivity contribution in [3.05, 3.63) is 87.0 Å². The summed E-state index contributed by atoms with van der Waals surface area (Å²) in [5.74, 6) is 0. The van der Waals surface area contributed by atoms with Gasteiger partial charge in [-0.1, -0.05) is 98.1 Å². The predicted molar refractivity (Wildman–Crippen MR) is 179 cm³/mol. The molecule has 3 rings (SSSR count). The summed E-state index contributed by atoms with van der Waals surface area (Å²) in [6.45, 7) is 11.4. The molecule has 0 fully saturated rings. The van der Waals surface area contributed by atoms with E-state index in [0.717, 1.165) is 49.9 Å². The highest BCUT2D eigenvalue weighted by molar-refractivity contribution is 5.79. The molecule has 2 aromatic rings. The highest BCUT2D eigenvalue weighted by Gasteiger charge is 2.29. The quantitative estimate of drug-likeness (QED) is 0.115. The lowest BCUT2D eigenvalue weighted by molar-refractivity contribution is -0.344. The molecular weight excluding hydrogens is 496 g/mol. The Hall–Kier alpha value is -2.48. The van der Waals surface area contributed by atoms with E-state index >= 15 is 0 Å². The molecule has 0 radical (unpaired) electrons. The van der Waals surface area contributed by atoms with Crippen LogP contribution >= 0.6 is 0 Å². The molecule has 1 aliphatic heterocycles. The van der Waals surface area contributed by atoms with Crippen molar-refractivity contribution in [2.45, 2.75) is 150 Å². The lowest BCUT2D eigenvalue weighted by Gasteiger charge is -2.14. The van der Waals surface area contributed by atoms with Crippen LogP contribution < -0.4 is 0 Å². The monoisotopic (exact) mass is 554 g/mol. The number of benzene rings is 2. The molecule has 0 amide bonds. The third kappa shape index (κ3) is 10.1. The number of aryl methyl sites for hydroxylation is 4. The van der Waals surface area contributed by atoms with E-state index in [2.05, 4.69) is 77.1 Å². The van der Waals surface area contributed by atoms with Crippen molar-refractivity contribution in [2.75, 3.05) is 0 Å². The Bertz CT molecular complexity index is 1110. The minimum atomic E-state index is 0.953. The minimum Gasteiger partial charge on any atom is -0.493 e. The maximum atomic E-state index is 11.9. The summed E-state index contributed by atoms with van der Waals surface area (Å²) in [7, 11) is 0. The summed E-state index contributed by atoms with van der Waals surface area (Å²) in [4.78, 5) is 0. The number of allylic oxidation sites excluding steroid dienone is 2. The summed E-state index contributed by atoms with van der Waals surface area (Å²) in [5, 5.41) is 0. The van der Waals surface area contributed by atoms with Crippen molar-refractivity contribution < 1.29 is 4.70 Å². The van der Waals surface area contributed by atoms with Crippen LogP contribution in [0.25, 0.3) is 16.9 Å². The van der Waals surface area contributed by atoms with Gasteiger partial charge in [-0.2, -0.15) is 0 Å². The fourth-order valence-corrected chi connectivity index (χ4v) is 6.13. The van der Waals surface area contributed by atoms with Gasteiger partial charge in [0.15, 0.2) is 0 Å². The van der Waals surface area contributed by atoms with Crippen molar-refractivity contribution in [3.63, 3.8) is 0 Å². The second kappa shape index (κ2) is 18.1. The first kappa shape index (κ1) is 33.0. The number of hydrogen-bond acceptors (Lipinski definition) is 0. The van der Waals surface area contributed by atoms with Gasteiger partial charge in [-0.15, -0.1) is 0 Å². The third-order valence-electron chi connectivity index (χ3n) is 8.56. The molecule has 2 nitrogen and oxygen atoms in total. The molecule has 0 saturated carbocycles. The highest BCUT2D eigenvalue weighted by atomic mass is 15.2. The van der Waals surface area contributed by atoms with Crippen LogP contribution in [0.1, 0.15) is 158 Å². The van der Waals surface area contributed by atoms with Gasteiger partial charge in [0.1, 0.15) is 0 Å². The van der Waals surface area contributed by atoms with Crippen LogP contribution in [0.3, 0.4) is 0 Å². The van der Waals surface area contributed by atoms with Crippen LogP contribution in [0.5, 0.6) is 0 Å². The summed E-state index contributed by atoms with van der Waals surface area (Å²) in [6, 6.07) is 14.3. The molecule has 1 heterocycles. The van der Waals surface area contributed by atoms with Crippen molar-refractivity contribution >= 4 is 11.4 Å². The van der Waals surface area contributed by atoms with E-state index in [1.165, 1.54) is 116 Å². The Labute approximate surface area is 252 Å². The Morgan fingerprint density at radius 3 is 1.29 bits per heavy atom. The molecule has 224 valence electrons. The molecule has 0 spiro atoms. The fraction of sp³-hybridized carbons (Fsp3) is 0.590. The molecule has 0 N–H and O–H groups in total. The van der Waals surface area contributed by atoms with Gasteiger partial charge in [0.2, 0.25) is 11.4 Å². The van der Waals surface area contributed by atoms with Gasteiger partial charge in [-0.05, 0) is 111 Å². The maximum absolute atomic E-state index is 11.9. The molecule has 0 aromatic heterocycles. The Balaban J connectivity index is 2.03. The molecule has 0 atom stereocenters. The molecule has 2 heteroatoms. The second-order valence-electron chi connectivity index (χ2n) is 12.4. The molecule has 0 aliphatic carbocycles. The van der Waals surface area contributed by atoms with Crippen molar-refractivity contribution in [1.82, 2.24) is 0 Å². The molecular formula is C39H58N2. The van der Waals surface area contributed by atoms with Gasteiger partial charge >= 0.3 is 0 Å². The van der Waals surface area contributed by atoms with Gasteiger partial charge in [0.25, 0.3) is 0 Å². The number of unbranched alkanes of at least 4 members (excludes halogenated alkanes) is 8. The zero-order chi connectivity index (χ0) is 29.5. The SMILES string of the molecule is CCCCCC1=C(c2cc(CCCC)cc(CCCC)c2)[N+](=[N-])C(c2cc(CCCCC)cc(CCCCC)c2)=C1. The standard InChI is InChI=1S/C39H58N2/c1-6-11-16-21-33-25-34(22-17-12-7-2)27-36(26-33)38-30-35(23-18-13-8-3)39(41(38)40)37-28-31(19-14-9-4)24-32(29-37)20-15-10-5/h24-30H,6-23H2,1-5H3. The van der Waals surface area contributed by atoms with Gasteiger partial charge in [0.05, 0.1) is 0 Å². The Kier molecular flexibility index (Phi) is 14.6. The molecule has 41 heavy (non-hydrogen) atoms. The second-order valence-corrected chi connectivity index (χ2v) is 12.4. The van der Waals surface area contributed by atoms with Gasteiger partial charge in [-0.3, -0.25) is 0 Å². The van der Waals surface area contributed by atoms with E-state index in [4.69, 9.17) is 0 Å². The lowest BCUT2D eigenvalue weighted by Crippen LogP contribution is -2.05. The molecule has 0 bridgehead atoms. The smallest absolute Gasteiger partial charge is 0.210 e. The molecule has 1 aliphatic rings. The van der Waals surface area contributed by atoms with E-state index in [9.17, 15) is 5.53 Å². The largest absolute Gasteiger partial charge is 0.493 e. The number of nitrogens with zero attached hydrogens (tertiary/aromatic N) is 2. The fourth-order valence-electron chi connectivity index (χ4n) is 6.13. The van der Waals surface area contributed by atoms with Gasteiger partial charge in [-0.25, -0.2) is 4.70 Å². The van der Waals surface area contributed by atoms with E-state index in [1.807, 2.05) is 0 Å². The first-order chi connectivity index (χ1) is 20.0. The van der Waals surface area contributed by atoms with Crippen molar-refractivity contribution in [1.29, 1.82) is 0 Å². The number of hydrogen-bond donors (Lipinski definition) is 0. The summed E-state index contributed by atoms with van der Waals surface area (Å²) in [5.41, 5.74) is 23.2. The highest BCUT2D eigenvalue weighted by Crippen LogP contribution is 2.39. The maximum Gasteiger partial charge on any atom is 0.210 e. The zero-order valence-corrected chi connectivity index (χ0v) is 27.2. The van der Waals surface area contributed by atoms with Gasteiger partial charge < -0.3 is 5.53 Å². The van der Waals surface area contributed by atoms with E-state index < -0.39 is 0 Å². The van der Waals surface area contributed by atoms with Crippen LogP contribution in [0, 0.1) is 0 Å². The topological polar surface area (TPSA) is 25.3 Å². The Morgan fingerprint density at radius 1 is 0.463 bits per heavy atom. The summed E-state index contributed by atoms with van der Waals surface area (Å²) >= 11 is 0. The van der Waals surface area contributed by atoms with Crippen LogP contribution in [0.15, 0.2) is 48.0 Å².